The van der Waals surface area contributed by atoms with Gasteiger partial charge in [-0.25, -0.2) is 0 Å². The van der Waals surface area contributed by atoms with Crippen LogP contribution in [0.15, 0.2) is 54.6 Å². The molecule has 17 nitrogen and oxygen atoms in total. The molecule has 1 aliphatic heterocycles. The van der Waals surface area contributed by atoms with Crippen molar-refractivity contribution in [3.05, 3.63) is 82.4 Å². The van der Waals surface area contributed by atoms with Gasteiger partial charge >= 0.3 is 0 Å². The number of rotatable bonds is 22. The predicted molar refractivity (Wildman–Crippen MR) is 255 cm³/mol. The molecular weight excluding hydrogens is 855 g/mol. The van der Waals surface area contributed by atoms with E-state index in [4.69, 9.17) is 26.7 Å². The number of nitrogens with two attached hydrogens (primary N) is 3. The van der Waals surface area contributed by atoms with E-state index in [1.807, 2.05) is 25.1 Å². The monoisotopic (exact) mass is 924 g/mol. The van der Waals surface area contributed by atoms with Crippen molar-refractivity contribution in [1.29, 1.82) is 5.26 Å². The average Bonchev–Trinajstić information content (AvgIpc) is 3.28. The Morgan fingerprint density at radius 3 is 2.12 bits per heavy atom. The van der Waals surface area contributed by atoms with Gasteiger partial charge in [0.25, 0.3) is 5.91 Å². The standard InChI is InChI=1S/C50H69N9O8/c1-7-8-9-10-11-12-13-33-14-17-36(31(2)26-33)45(62)59-50(6,49(4,5)30-42(54)60)48(65)58-43-35-16-19-41(67-25-22-53)38(29-35)37-27-34(15-18-40(37)66-24-21-52)28-39(46(63)55-23-20-51)57-44(61)32(3)56-47(43)64/h14-19,26-27,29,32,39,43H,7-13,21-25,28,30,52-53H2,1-6H3,(H2,54,60)(H,55,63)(H,56,64)(H,57,61)(H,58,65)(H,59,62). The molecule has 0 aliphatic carbocycles. The Hall–Kier alpha value is -6.51. The van der Waals surface area contributed by atoms with E-state index >= 15 is 4.79 Å². The highest BCUT2D eigenvalue weighted by molar-refractivity contribution is 6.02. The van der Waals surface area contributed by atoms with Gasteiger partial charge in [0.1, 0.15) is 54.9 Å². The molecule has 1 heterocycles. The molecule has 0 fully saturated rings. The molecule has 67 heavy (non-hydrogen) atoms. The van der Waals surface area contributed by atoms with Gasteiger partial charge < -0.3 is 53.3 Å². The quantitative estimate of drug-likeness (QED) is 0.0532. The molecule has 11 N–H and O–H groups in total. The van der Waals surface area contributed by atoms with Crippen LogP contribution in [0.2, 0.25) is 0 Å². The number of nitrogens with zero attached hydrogens (tertiary/aromatic N) is 1. The summed E-state index contributed by atoms with van der Waals surface area (Å²) in [6, 6.07) is 13.5. The minimum Gasteiger partial charge on any atom is -0.492 e. The fourth-order valence-electron chi connectivity index (χ4n) is 8.06. The summed E-state index contributed by atoms with van der Waals surface area (Å²) < 4.78 is 12.2. The number of nitriles is 1. The van der Waals surface area contributed by atoms with E-state index in [0.29, 0.717) is 39.3 Å². The smallest absolute Gasteiger partial charge is 0.252 e. The van der Waals surface area contributed by atoms with Crippen LogP contribution in [0.3, 0.4) is 0 Å². The maximum Gasteiger partial charge on any atom is 0.252 e. The van der Waals surface area contributed by atoms with E-state index in [-0.39, 0.29) is 51.3 Å². The minimum absolute atomic E-state index is 0.0144. The van der Waals surface area contributed by atoms with Crippen LogP contribution < -0.4 is 53.3 Å². The van der Waals surface area contributed by atoms with Gasteiger partial charge in [0.2, 0.25) is 29.5 Å². The van der Waals surface area contributed by atoms with Crippen molar-refractivity contribution in [2.45, 2.75) is 123 Å². The van der Waals surface area contributed by atoms with Crippen LogP contribution in [0.5, 0.6) is 11.5 Å². The lowest BCUT2D eigenvalue weighted by Crippen LogP contribution is -2.66. The third-order valence-corrected chi connectivity index (χ3v) is 12.3. The van der Waals surface area contributed by atoms with Gasteiger partial charge in [-0.15, -0.1) is 0 Å². The number of hydrogen-bond donors (Lipinski definition) is 8. The van der Waals surface area contributed by atoms with Crippen molar-refractivity contribution in [2.24, 2.45) is 22.6 Å². The molecule has 4 bridgehead atoms. The van der Waals surface area contributed by atoms with Crippen molar-refractivity contribution in [3.63, 3.8) is 0 Å². The number of aryl methyl sites for hydroxylation is 2. The van der Waals surface area contributed by atoms with Gasteiger partial charge in [-0.2, -0.15) is 5.26 Å². The first-order valence-electron chi connectivity index (χ1n) is 23.1. The zero-order valence-electron chi connectivity index (χ0n) is 39.8. The van der Waals surface area contributed by atoms with Crippen molar-refractivity contribution in [3.8, 4) is 28.7 Å². The average molecular weight is 924 g/mol. The molecule has 0 spiro atoms. The molecular formula is C50H69N9O8. The second kappa shape index (κ2) is 24.9. The number of carbonyl (C=O) groups excluding carboxylic acids is 6. The number of primary amides is 1. The van der Waals surface area contributed by atoms with Gasteiger partial charge in [0.05, 0.1) is 6.07 Å². The highest BCUT2D eigenvalue weighted by Gasteiger charge is 2.50. The number of benzene rings is 3. The fourth-order valence-corrected chi connectivity index (χ4v) is 8.06. The Morgan fingerprint density at radius 2 is 1.49 bits per heavy atom. The van der Waals surface area contributed by atoms with E-state index < -0.39 is 64.5 Å². The summed E-state index contributed by atoms with van der Waals surface area (Å²) in [5.74, 6) is -3.61. The molecule has 362 valence electrons. The first-order valence-corrected chi connectivity index (χ1v) is 23.1. The van der Waals surface area contributed by atoms with Crippen molar-refractivity contribution < 1.29 is 38.2 Å². The molecule has 4 rings (SSSR count). The predicted octanol–water partition coefficient (Wildman–Crippen LogP) is 3.67. The zero-order chi connectivity index (χ0) is 49.3. The second-order valence-electron chi connectivity index (χ2n) is 17.9. The number of hydrogen-bond acceptors (Lipinski definition) is 11. The Balaban J connectivity index is 1.84. The van der Waals surface area contributed by atoms with Crippen LogP contribution in [0, 0.1) is 23.7 Å². The maximum absolute atomic E-state index is 15.1. The summed E-state index contributed by atoms with van der Waals surface area (Å²) in [6.45, 7) is 10.4. The molecule has 4 unspecified atom stereocenters. The van der Waals surface area contributed by atoms with Crippen LogP contribution in [0.1, 0.15) is 118 Å². The number of fused-ring (bicyclic) bond motifs is 5. The van der Waals surface area contributed by atoms with Crippen molar-refractivity contribution >= 4 is 35.4 Å². The number of ether oxygens (including phenoxy) is 2. The summed E-state index contributed by atoms with van der Waals surface area (Å²) in [7, 11) is 0. The molecule has 3 aromatic carbocycles. The lowest BCUT2D eigenvalue weighted by atomic mass is 9.69. The third-order valence-electron chi connectivity index (χ3n) is 12.3. The number of nitrogens with one attached hydrogen (secondary N) is 5. The van der Waals surface area contributed by atoms with Crippen molar-refractivity contribution in [2.75, 3.05) is 32.8 Å². The first-order chi connectivity index (χ1) is 31.9. The van der Waals surface area contributed by atoms with E-state index in [9.17, 15) is 29.2 Å². The molecule has 1 aliphatic rings. The highest BCUT2D eigenvalue weighted by atomic mass is 16.5. The number of carbonyl (C=O) groups is 6. The van der Waals surface area contributed by atoms with Crippen LogP contribution in [-0.2, 0) is 36.8 Å². The summed E-state index contributed by atoms with van der Waals surface area (Å²) in [4.78, 5) is 83.7. The molecule has 6 amide bonds. The molecule has 0 saturated heterocycles. The molecule has 4 atom stereocenters. The molecule has 0 aromatic heterocycles. The summed E-state index contributed by atoms with van der Waals surface area (Å²) in [6.07, 6.45) is 7.43. The van der Waals surface area contributed by atoms with Crippen LogP contribution >= 0.6 is 0 Å². The van der Waals surface area contributed by atoms with Crippen LogP contribution in [0.25, 0.3) is 11.1 Å². The Morgan fingerprint density at radius 1 is 0.851 bits per heavy atom. The fraction of sp³-hybridized carbons (Fsp3) is 0.500. The Labute approximate surface area is 394 Å². The molecule has 0 radical (unpaired) electrons. The van der Waals surface area contributed by atoms with E-state index in [1.165, 1.54) is 39.5 Å². The molecule has 17 heteroatoms. The first kappa shape index (κ1) is 53.1. The van der Waals surface area contributed by atoms with Gasteiger partial charge in [-0.3, -0.25) is 28.8 Å². The van der Waals surface area contributed by atoms with Gasteiger partial charge in [0, 0.05) is 48.0 Å². The van der Waals surface area contributed by atoms with Gasteiger partial charge in [-0.05, 0) is 86.2 Å². The summed E-state index contributed by atoms with van der Waals surface area (Å²) in [5.41, 5.74) is 18.0. The number of unbranched alkanes of at least 4 members (excludes halogenated alkanes) is 5. The SMILES string of the molecule is CCCCCCCCc1ccc(C(=O)NC(C)(C(=O)NC2C(=O)NC(C)C(=O)NC(C(=O)NCC#N)Cc3ccc(OCCN)c(c3)-c3cc2ccc3OCCN)C(C)(C)CC(N)=O)c(C)c1. The van der Waals surface area contributed by atoms with Crippen LogP contribution in [0.4, 0.5) is 0 Å². The third kappa shape index (κ3) is 14.2. The van der Waals surface area contributed by atoms with Gasteiger partial charge in [0.15, 0.2) is 0 Å². The lowest BCUT2D eigenvalue weighted by molar-refractivity contribution is -0.137. The largest absolute Gasteiger partial charge is 0.492 e. The summed E-state index contributed by atoms with van der Waals surface area (Å²) >= 11 is 0. The van der Waals surface area contributed by atoms with E-state index in [0.717, 1.165) is 24.8 Å². The van der Waals surface area contributed by atoms with Gasteiger partial charge in [-0.1, -0.05) is 77.1 Å². The van der Waals surface area contributed by atoms with Crippen molar-refractivity contribution in [1.82, 2.24) is 26.6 Å². The van der Waals surface area contributed by atoms with E-state index in [1.54, 1.807) is 56.3 Å². The molecule has 0 saturated carbocycles. The maximum atomic E-state index is 15.1. The Kier molecular flexibility index (Phi) is 19.7. The van der Waals surface area contributed by atoms with Crippen LogP contribution in [-0.4, -0.2) is 85.9 Å². The normalized spacial score (nSPS) is 17.0. The number of amides is 6. The Bertz CT molecular complexity index is 2290. The highest BCUT2D eigenvalue weighted by Crippen LogP contribution is 2.40. The lowest BCUT2D eigenvalue weighted by Gasteiger charge is -2.43. The molecule has 3 aromatic rings. The second-order valence-corrected chi connectivity index (χ2v) is 17.9. The zero-order valence-corrected chi connectivity index (χ0v) is 39.8. The minimum atomic E-state index is -1.89. The summed E-state index contributed by atoms with van der Waals surface area (Å²) in [5, 5.41) is 22.8. The topological polar surface area (TPSA) is 283 Å². The van der Waals surface area contributed by atoms with E-state index in [2.05, 4.69) is 33.5 Å².